The van der Waals surface area contributed by atoms with Gasteiger partial charge in [-0.05, 0) is 18.2 Å². The van der Waals surface area contributed by atoms with E-state index >= 15 is 0 Å². The fourth-order valence-corrected chi connectivity index (χ4v) is 3.17. The first-order chi connectivity index (χ1) is 13.7. The zero-order chi connectivity index (χ0) is 19.8. The van der Waals surface area contributed by atoms with E-state index in [1.807, 2.05) is 24.4 Å². The van der Waals surface area contributed by atoms with Crippen LogP contribution in [0.3, 0.4) is 0 Å². The van der Waals surface area contributed by atoms with Crippen molar-refractivity contribution in [2.75, 3.05) is 56.5 Å². The molecule has 0 atom stereocenters. The normalized spacial score (nSPS) is 14.7. The first-order valence-corrected chi connectivity index (χ1v) is 9.28. The summed E-state index contributed by atoms with van der Waals surface area (Å²) >= 11 is 0. The minimum atomic E-state index is -0.379. The van der Waals surface area contributed by atoms with Crippen LogP contribution in [0, 0.1) is 10.1 Å². The quantitative estimate of drug-likeness (QED) is 0.258. The molecule has 1 aromatic heterocycles. The fourth-order valence-electron chi connectivity index (χ4n) is 3.17. The molecule has 148 valence electrons. The van der Waals surface area contributed by atoms with Crippen molar-refractivity contribution in [2.24, 2.45) is 4.99 Å². The molecule has 1 fully saturated rings. The van der Waals surface area contributed by atoms with Crippen molar-refractivity contribution in [3.05, 3.63) is 58.8 Å². The van der Waals surface area contributed by atoms with Crippen LogP contribution < -0.4 is 15.5 Å². The highest BCUT2D eigenvalue weighted by atomic mass is 16.6. The number of para-hydroxylation sites is 2. The molecule has 0 bridgehead atoms. The van der Waals surface area contributed by atoms with Gasteiger partial charge >= 0.3 is 0 Å². The van der Waals surface area contributed by atoms with Gasteiger partial charge in [-0.25, -0.2) is 4.98 Å². The number of guanidine groups is 1. The van der Waals surface area contributed by atoms with Gasteiger partial charge in [0.15, 0.2) is 5.96 Å². The Kier molecular flexibility index (Phi) is 6.61. The van der Waals surface area contributed by atoms with E-state index in [0.717, 1.165) is 38.0 Å². The molecular weight excluding hydrogens is 358 g/mol. The van der Waals surface area contributed by atoms with E-state index in [4.69, 9.17) is 0 Å². The van der Waals surface area contributed by atoms with Gasteiger partial charge < -0.3 is 20.4 Å². The largest absolute Gasteiger partial charge is 0.378 e. The van der Waals surface area contributed by atoms with Gasteiger partial charge in [0.1, 0.15) is 11.5 Å². The SMILES string of the molecule is CN=C(NCCNc1ccccc1[N+](=O)[O-])N1CCN(c2ccccn2)CC1. The van der Waals surface area contributed by atoms with Gasteiger partial charge in [0.2, 0.25) is 0 Å². The predicted octanol–water partition coefficient (Wildman–Crippen LogP) is 1.80. The number of nitro groups is 1. The van der Waals surface area contributed by atoms with Gasteiger partial charge in [0.25, 0.3) is 5.69 Å². The molecule has 2 heterocycles. The van der Waals surface area contributed by atoms with E-state index in [2.05, 4.69) is 30.4 Å². The number of anilines is 2. The molecule has 1 aliphatic rings. The number of aromatic nitrogens is 1. The number of nitro benzene ring substituents is 1. The molecule has 0 saturated carbocycles. The number of hydrogen-bond donors (Lipinski definition) is 2. The summed E-state index contributed by atoms with van der Waals surface area (Å²) < 4.78 is 0. The summed E-state index contributed by atoms with van der Waals surface area (Å²) in [6, 6.07) is 12.6. The van der Waals surface area contributed by atoms with Crippen molar-refractivity contribution < 1.29 is 4.92 Å². The summed E-state index contributed by atoms with van der Waals surface area (Å²) in [5, 5.41) is 17.5. The van der Waals surface area contributed by atoms with E-state index in [9.17, 15) is 10.1 Å². The van der Waals surface area contributed by atoms with Crippen molar-refractivity contribution in [3.8, 4) is 0 Å². The van der Waals surface area contributed by atoms with Gasteiger partial charge in [-0.3, -0.25) is 15.1 Å². The second-order valence-electron chi connectivity index (χ2n) is 6.34. The highest BCUT2D eigenvalue weighted by molar-refractivity contribution is 5.80. The highest BCUT2D eigenvalue weighted by Crippen LogP contribution is 2.22. The zero-order valence-electron chi connectivity index (χ0n) is 15.9. The predicted molar refractivity (Wildman–Crippen MR) is 111 cm³/mol. The fraction of sp³-hybridized carbons (Fsp3) is 0.368. The van der Waals surface area contributed by atoms with Crippen molar-refractivity contribution in [1.29, 1.82) is 0 Å². The number of benzene rings is 1. The molecule has 9 nitrogen and oxygen atoms in total. The molecule has 0 unspecified atom stereocenters. The standard InChI is InChI=1S/C19H25N7O2/c1-20-19(23-11-10-21-16-6-2-3-7-17(16)26(27)28)25-14-12-24(13-15-25)18-8-4-5-9-22-18/h2-9,21H,10-15H2,1H3,(H,20,23). The molecular formula is C19H25N7O2. The molecule has 0 spiro atoms. The van der Waals surface area contributed by atoms with Crippen LogP contribution in [0.5, 0.6) is 0 Å². The smallest absolute Gasteiger partial charge is 0.292 e. The van der Waals surface area contributed by atoms with Gasteiger partial charge in [0, 0.05) is 58.6 Å². The van der Waals surface area contributed by atoms with Crippen molar-refractivity contribution >= 4 is 23.2 Å². The van der Waals surface area contributed by atoms with Gasteiger partial charge in [-0.15, -0.1) is 0 Å². The topological polar surface area (TPSA) is 98.9 Å². The maximum atomic E-state index is 11.1. The van der Waals surface area contributed by atoms with Crippen molar-refractivity contribution in [3.63, 3.8) is 0 Å². The lowest BCUT2D eigenvalue weighted by molar-refractivity contribution is -0.384. The molecule has 3 rings (SSSR count). The number of piperazine rings is 1. The first kappa shape index (κ1) is 19.4. The average Bonchev–Trinajstić information content (AvgIpc) is 2.75. The van der Waals surface area contributed by atoms with E-state index < -0.39 is 0 Å². The second kappa shape index (κ2) is 9.54. The Morgan fingerprint density at radius 3 is 2.57 bits per heavy atom. The van der Waals surface area contributed by atoms with Crippen LogP contribution in [0.25, 0.3) is 0 Å². The first-order valence-electron chi connectivity index (χ1n) is 9.28. The summed E-state index contributed by atoms with van der Waals surface area (Å²) in [5.74, 6) is 1.84. The molecule has 9 heteroatoms. The summed E-state index contributed by atoms with van der Waals surface area (Å²) in [6.45, 7) is 4.64. The Morgan fingerprint density at radius 2 is 1.89 bits per heavy atom. The average molecular weight is 383 g/mol. The summed E-state index contributed by atoms with van der Waals surface area (Å²) in [6.07, 6.45) is 1.81. The number of nitrogens with zero attached hydrogens (tertiary/aromatic N) is 5. The molecule has 0 amide bonds. The lowest BCUT2D eigenvalue weighted by Gasteiger charge is -2.37. The van der Waals surface area contributed by atoms with Crippen molar-refractivity contribution in [1.82, 2.24) is 15.2 Å². The van der Waals surface area contributed by atoms with Crippen molar-refractivity contribution in [2.45, 2.75) is 0 Å². The summed E-state index contributed by atoms with van der Waals surface area (Å²) in [7, 11) is 1.77. The third-order valence-corrected chi connectivity index (χ3v) is 4.59. The van der Waals surface area contributed by atoms with E-state index in [1.54, 1.807) is 25.2 Å². The molecule has 2 aromatic rings. The Balaban J connectivity index is 1.45. The van der Waals surface area contributed by atoms with Crippen LogP contribution in [0.1, 0.15) is 0 Å². The van der Waals surface area contributed by atoms with Crippen LogP contribution in [0.4, 0.5) is 17.2 Å². The molecule has 2 N–H and O–H groups in total. The summed E-state index contributed by atoms with van der Waals surface area (Å²) in [5.41, 5.74) is 0.603. The van der Waals surface area contributed by atoms with Gasteiger partial charge in [0.05, 0.1) is 4.92 Å². The van der Waals surface area contributed by atoms with E-state index in [-0.39, 0.29) is 10.6 Å². The van der Waals surface area contributed by atoms with Crippen LogP contribution in [-0.4, -0.2) is 67.1 Å². The molecule has 0 radical (unpaired) electrons. The second-order valence-corrected chi connectivity index (χ2v) is 6.34. The Labute approximate surface area is 164 Å². The lowest BCUT2D eigenvalue weighted by Crippen LogP contribution is -2.53. The lowest BCUT2D eigenvalue weighted by atomic mass is 10.2. The number of rotatable bonds is 6. The van der Waals surface area contributed by atoms with Crippen LogP contribution in [0.15, 0.2) is 53.7 Å². The Hall–Kier alpha value is -3.36. The van der Waals surface area contributed by atoms with E-state index in [1.165, 1.54) is 6.07 Å². The minimum absolute atomic E-state index is 0.0810. The molecule has 1 aliphatic heterocycles. The molecule has 1 saturated heterocycles. The van der Waals surface area contributed by atoms with Gasteiger partial charge in [-0.1, -0.05) is 18.2 Å². The van der Waals surface area contributed by atoms with Crippen LogP contribution in [0.2, 0.25) is 0 Å². The monoisotopic (exact) mass is 383 g/mol. The Bertz CT molecular complexity index is 805. The molecule has 0 aliphatic carbocycles. The third-order valence-electron chi connectivity index (χ3n) is 4.59. The van der Waals surface area contributed by atoms with Crippen LogP contribution in [-0.2, 0) is 0 Å². The summed E-state index contributed by atoms with van der Waals surface area (Å²) in [4.78, 5) is 23.9. The van der Waals surface area contributed by atoms with E-state index in [0.29, 0.717) is 18.8 Å². The number of hydrogen-bond acceptors (Lipinski definition) is 6. The number of aliphatic imine (C=N–C) groups is 1. The zero-order valence-corrected chi connectivity index (χ0v) is 15.9. The molecule has 28 heavy (non-hydrogen) atoms. The van der Waals surface area contributed by atoms with Gasteiger partial charge in [-0.2, -0.15) is 0 Å². The highest BCUT2D eigenvalue weighted by Gasteiger charge is 2.20. The maximum Gasteiger partial charge on any atom is 0.292 e. The van der Waals surface area contributed by atoms with Crippen LogP contribution >= 0.6 is 0 Å². The minimum Gasteiger partial charge on any atom is -0.378 e. The Morgan fingerprint density at radius 1 is 1.14 bits per heavy atom. The number of pyridine rings is 1. The molecule has 1 aromatic carbocycles. The third kappa shape index (κ3) is 4.87. The number of nitrogens with one attached hydrogen (secondary N) is 2. The maximum absolute atomic E-state index is 11.1.